The molecule has 0 spiro atoms. The van der Waals surface area contributed by atoms with E-state index in [1.165, 1.54) is 0 Å². The van der Waals surface area contributed by atoms with Crippen LogP contribution in [-0.2, 0) is 4.74 Å². The van der Waals surface area contributed by atoms with Gasteiger partial charge in [0.15, 0.2) is 5.69 Å². The molecule has 0 unspecified atom stereocenters. The second kappa shape index (κ2) is 6.53. The first-order valence-corrected chi connectivity index (χ1v) is 8.77. The minimum atomic E-state index is -0.188. The first kappa shape index (κ1) is 16.7. The zero-order valence-corrected chi connectivity index (χ0v) is 14.9. The Morgan fingerprint density at radius 3 is 2.88 bits per heavy atom. The first-order chi connectivity index (χ1) is 12.6. The van der Waals surface area contributed by atoms with Crippen LogP contribution in [0.3, 0.4) is 0 Å². The van der Waals surface area contributed by atoms with Gasteiger partial charge in [0.2, 0.25) is 5.95 Å². The fourth-order valence-electron chi connectivity index (χ4n) is 3.42. The van der Waals surface area contributed by atoms with Gasteiger partial charge in [-0.05, 0) is 38.7 Å². The SMILES string of the molecule is CO[C@]1(C)CC[C@H](NC(=O)c2nc(-n3ccnc3)nc3cc[nH]c23)CC1. The Kier molecular flexibility index (Phi) is 4.20. The number of rotatable bonds is 4. The molecule has 26 heavy (non-hydrogen) atoms. The van der Waals surface area contributed by atoms with Gasteiger partial charge in [0.05, 0.1) is 16.6 Å². The number of amides is 1. The van der Waals surface area contributed by atoms with E-state index in [1.807, 2.05) is 6.07 Å². The van der Waals surface area contributed by atoms with E-state index in [1.54, 1.807) is 36.6 Å². The van der Waals surface area contributed by atoms with Gasteiger partial charge in [0.25, 0.3) is 5.91 Å². The Balaban J connectivity index is 1.58. The molecular formula is C18H22N6O2. The van der Waals surface area contributed by atoms with Crippen LogP contribution in [0.1, 0.15) is 43.1 Å². The number of carbonyl (C=O) groups excluding carboxylic acids is 1. The van der Waals surface area contributed by atoms with Crippen molar-refractivity contribution in [2.45, 2.75) is 44.2 Å². The highest BCUT2D eigenvalue weighted by Gasteiger charge is 2.32. The minimum absolute atomic E-state index is 0.0859. The normalized spacial score (nSPS) is 23.2. The third-order valence-corrected chi connectivity index (χ3v) is 5.22. The van der Waals surface area contributed by atoms with Gasteiger partial charge in [-0.3, -0.25) is 9.36 Å². The third-order valence-electron chi connectivity index (χ3n) is 5.22. The third kappa shape index (κ3) is 3.08. The summed E-state index contributed by atoms with van der Waals surface area (Å²) >= 11 is 0. The van der Waals surface area contributed by atoms with Crippen molar-refractivity contribution in [1.82, 2.24) is 29.8 Å². The quantitative estimate of drug-likeness (QED) is 0.749. The second-order valence-corrected chi connectivity index (χ2v) is 6.98. The summed E-state index contributed by atoms with van der Waals surface area (Å²) in [5.41, 5.74) is 1.61. The van der Waals surface area contributed by atoms with Crippen LogP contribution in [0.15, 0.2) is 31.0 Å². The highest BCUT2D eigenvalue weighted by molar-refractivity contribution is 6.03. The molecule has 3 aromatic rings. The summed E-state index contributed by atoms with van der Waals surface area (Å²) in [4.78, 5) is 28.9. The van der Waals surface area contributed by atoms with E-state index < -0.39 is 0 Å². The smallest absolute Gasteiger partial charge is 0.272 e. The van der Waals surface area contributed by atoms with Crippen LogP contribution < -0.4 is 5.32 Å². The molecule has 0 bridgehead atoms. The number of carbonyl (C=O) groups is 1. The largest absolute Gasteiger partial charge is 0.379 e. The topological polar surface area (TPSA) is 97.7 Å². The van der Waals surface area contributed by atoms with Gasteiger partial charge in [0, 0.05) is 31.7 Å². The number of imidazole rings is 1. The number of aromatic amines is 1. The molecule has 0 atom stereocenters. The van der Waals surface area contributed by atoms with E-state index in [0.717, 1.165) is 25.7 Å². The molecule has 1 amide bonds. The van der Waals surface area contributed by atoms with Gasteiger partial charge < -0.3 is 15.0 Å². The van der Waals surface area contributed by atoms with Crippen LogP contribution in [-0.4, -0.2) is 49.2 Å². The first-order valence-electron chi connectivity index (χ1n) is 8.77. The Morgan fingerprint density at radius 2 is 2.19 bits per heavy atom. The summed E-state index contributed by atoms with van der Waals surface area (Å²) in [5.74, 6) is 0.239. The summed E-state index contributed by atoms with van der Waals surface area (Å²) < 4.78 is 7.26. The number of H-pyrrole nitrogens is 1. The Labute approximate surface area is 151 Å². The van der Waals surface area contributed by atoms with Crippen LogP contribution in [0, 0.1) is 0 Å². The molecule has 0 saturated heterocycles. The summed E-state index contributed by atoms with van der Waals surface area (Å²) in [7, 11) is 1.75. The number of fused-ring (bicyclic) bond motifs is 1. The maximum atomic E-state index is 12.9. The molecule has 8 nitrogen and oxygen atoms in total. The molecule has 2 N–H and O–H groups in total. The molecular weight excluding hydrogens is 332 g/mol. The molecule has 3 aromatic heterocycles. The molecule has 0 aromatic carbocycles. The van der Waals surface area contributed by atoms with Crippen molar-refractivity contribution < 1.29 is 9.53 Å². The average Bonchev–Trinajstić information content (AvgIpc) is 3.34. The average molecular weight is 354 g/mol. The lowest BCUT2D eigenvalue weighted by molar-refractivity contribution is -0.0287. The summed E-state index contributed by atoms with van der Waals surface area (Å²) in [6.07, 6.45) is 10.4. The molecule has 1 aliphatic carbocycles. The second-order valence-electron chi connectivity index (χ2n) is 6.98. The lowest BCUT2D eigenvalue weighted by Crippen LogP contribution is -2.43. The number of aromatic nitrogens is 5. The number of nitrogens with zero attached hydrogens (tertiary/aromatic N) is 4. The van der Waals surface area contributed by atoms with Crippen LogP contribution in [0.2, 0.25) is 0 Å². The molecule has 1 aliphatic rings. The van der Waals surface area contributed by atoms with Gasteiger partial charge >= 0.3 is 0 Å². The van der Waals surface area contributed by atoms with Crippen molar-refractivity contribution in [3.8, 4) is 5.95 Å². The summed E-state index contributed by atoms with van der Waals surface area (Å²) in [6, 6.07) is 1.96. The van der Waals surface area contributed by atoms with Crippen molar-refractivity contribution >= 4 is 16.9 Å². The fraction of sp³-hybridized carbons (Fsp3) is 0.444. The zero-order chi connectivity index (χ0) is 18.1. The minimum Gasteiger partial charge on any atom is -0.379 e. The predicted octanol–water partition coefficient (Wildman–Crippen LogP) is 2.22. The van der Waals surface area contributed by atoms with Gasteiger partial charge in [-0.1, -0.05) is 0 Å². The van der Waals surface area contributed by atoms with E-state index in [4.69, 9.17) is 4.74 Å². The molecule has 0 radical (unpaired) electrons. The summed E-state index contributed by atoms with van der Waals surface area (Å²) in [6.45, 7) is 2.12. The van der Waals surface area contributed by atoms with Crippen molar-refractivity contribution in [2.24, 2.45) is 0 Å². The monoisotopic (exact) mass is 354 g/mol. The van der Waals surface area contributed by atoms with Crippen molar-refractivity contribution in [1.29, 1.82) is 0 Å². The highest BCUT2D eigenvalue weighted by atomic mass is 16.5. The molecule has 136 valence electrons. The Hall–Kier alpha value is -2.74. The highest BCUT2D eigenvalue weighted by Crippen LogP contribution is 2.30. The van der Waals surface area contributed by atoms with Gasteiger partial charge in [0.1, 0.15) is 6.33 Å². The Bertz CT molecular complexity index is 909. The fourth-order valence-corrected chi connectivity index (χ4v) is 3.42. The van der Waals surface area contributed by atoms with E-state index in [9.17, 15) is 4.79 Å². The van der Waals surface area contributed by atoms with E-state index in [-0.39, 0.29) is 17.6 Å². The molecule has 8 heteroatoms. The van der Waals surface area contributed by atoms with Gasteiger partial charge in [-0.25, -0.2) is 15.0 Å². The standard InChI is InChI=1S/C18H22N6O2/c1-18(26-2)6-3-12(4-7-18)21-16(25)15-14-13(5-8-20-14)22-17(23-15)24-10-9-19-11-24/h5,8-12,20H,3-4,6-7H2,1-2H3,(H,21,25)/t12-,18+. The van der Waals surface area contributed by atoms with Crippen LogP contribution in [0.5, 0.6) is 0 Å². The molecule has 0 aliphatic heterocycles. The maximum Gasteiger partial charge on any atom is 0.272 e. The zero-order valence-electron chi connectivity index (χ0n) is 14.9. The number of hydrogen-bond acceptors (Lipinski definition) is 5. The van der Waals surface area contributed by atoms with Gasteiger partial charge in [-0.15, -0.1) is 0 Å². The van der Waals surface area contributed by atoms with Crippen molar-refractivity contribution in [3.05, 3.63) is 36.7 Å². The molecule has 1 saturated carbocycles. The maximum absolute atomic E-state index is 12.9. The summed E-state index contributed by atoms with van der Waals surface area (Å²) in [5, 5.41) is 3.12. The van der Waals surface area contributed by atoms with E-state index >= 15 is 0 Å². The predicted molar refractivity (Wildman–Crippen MR) is 96.1 cm³/mol. The number of nitrogens with one attached hydrogen (secondary N) is 2. The number of methoxy groups -OCH3 is 1. The van der Waals surface area contributed by atoms with Crippen molar-refractivity contribution in [3.63, 3.8) is 0 Å². The number of ether oxygens (including phenoxy) is 1. The van der Waals surface area contributed by atoms with Gasteiger partial charge in [-0.2, -0.15) is 0 Å². The van der Waals surface area contributed by atoms with Crippen LogP contribution in [0.4, 0.5) is 0 Å². The van der Waals surface area contributed by atoms with E-state index in [0.29, 0.717) is 22.7 Å². The van der Waals surface area contributed by atoms with Crippen LogP contribution in [0.25, 0.3) is 17.0 Å². The van der Waals surface area contributed by atoms with Crippen LogP contribution >= 0.6 is 0 Å². The lowest BCUT2D eigenvalue weighted by Gasteiger charge is -2.36. The number of hydrogen-bond donors (Lipinski definition) is 2. The van der Waals surface area contributed by atoms with Crippen molar-refractivity contribution in [2.75, 3.05) is 7.11 Å². The molecule has 3 heterocycles. The van der Waals surface area contributed by atoms with E-state index in [2.05, 4.69) is 32.2 Å². The molecule has 4 rings (SSSR count). The lowest BCUT2D eigenvalue weighted by atomic mass is 9.83. The molecule has 1 fully saturated rings. The Morgan fingerprint density at radius 1 is 1.38 bits per heavy atom.